The third-order valence-corrected chi connectivity index (χ3v) is 4.14. The van der Waals surface area contributed by atoms with Gasteiger partial charge in [-0.25, -0.2) is 18.1 Å². The predicted molar refractivity (Wildman–Crippen MR) is 65.0 cm³/mol. The molecule has 0 radical (unpaired) electrons. The van der Waals surface area contributed by atoms with Gasteiger partial charge in [-0.05, 0) is 25.0 Å². The van der Waals surface area contributed by atoms with Gasteiger partial charge in [0.15, 0.2) is 5.03 Å². The first kappa shape index (κ1) is 14.1. The second-order valence-corrected chi connectivity index (χ2v) is 5.64. The molecule has 17 heavy (non-hydrogen) atoms. The molecule has 1 heterocycles. The molecule has 0 unspecified atom stereocenters. The van der Waals surface area contributed by atoms with Crippen LogP contribution in [-0.4, -0.2) is 30.7 Å². The van der Waals surface area contributed by atoms with E-state index in [-0.39, 0.29) is 11.6 Å². The molecule has 0 fully saturated rings. The molecule has 0 atom stereocenters. The third-order valence-electron chi connectivity index (χ3n) is 2.82. The Morgan fingerprint density at radius 3 is 2.47 bits per heavy atom. The first-order valence-corrected chi connectivity index (χ1v) is 7.05. The van der Waals surface area contributed by atoms with Crippen LogP contribution in [0.4, 0.5) is 0 Å². The summed E-state index contributed by atoms with van der Waals surface area (Å²) in [6.45, 7) is 3.63. The zero-order valence-corrected chi connectivity index (χ0v) is 10.9. The normalized spacial score (nSPS) is 12.6. The van der Waals surface area contributed by atoms with Crippen molar-refractivity contribution < 1.29 is 13.5 Å². The van der Waals surface area contributed by atoms with Gasteiger partial charge in [0, 0.05) is 12.7 Å². The number of sulfonamides is 1. The van der Waals surface area contributed by atoms with Crippen LogP contribution in [0.2, 0.25) is 0 Å². The van der Waals surface area contributed by atoms with Gasteiger partial charge in [0.25, 0.3) is 10.0 Å². The molecule has 0 saturated carbocycles. The van der Waals surface area contributed by atoms with Crippen LogP contribution in [0.25, 0.3) is 0 Å². The molecule has 0 spiro atoms. The van der Waals surface area contributed by atoms with Crippen molar-refractivity contribution in [3.63, 3.8) is 0 Å². The second-order valence-electron chi connectivity index (χ2n) is 3.92. The molecule has 0 amide bonds. The quantitative estimate of drug-likeness (QED) is 0.795. The van der Waals surface area contributed by atoms with E-state index in [1.54, 1.807) is 12.1 Å². The molecule has 96 valence electrons. The molecule has 1 aromatic rings. The van der Waals surface area contributed by atoms with Crippen molar-refractivity contribution in [2.24, 2.45) is 0 Å². The number of pyridine rings is 1. The molecule has 0 saturated heterocycles. The molecule has 0 aromatic carbocycles. The number of aromatic nitrogens is 1. The van der Waals surface area contributed by atoms with Crippen LogP contribution in [0.1, 0.15) is 26.7 Å². The first-order valence-electron chi connectivity index (χ1n) is 5.56. The Hall–Kier alpha value is -0.980. The molecule has 0 aliphatic rings. The van der Waals surface area contributed by atoms with Gasteiger partial charge in [0.05, 0.1) is 5.60 Å². The van der Waals surface area contributed by atoms with Crippen molar-refractivity contribution in [1.29, 1.82) is 0 Å². The fourth-order valence-corrected chi connectivity index (χ4v) is 2.37. The van der Waals surface area contributed by atoms with Gasteiger partial charge in [-0.2, -0.15) is 0 Å². The maximum absolute atomic E-state index is 11.8. The third kappa shape index (κ3) is 3.76. The summed E-state index contributed by atoms with van der Waals surface area (Å²) in [6, 6.07) is 4.67. The molecule has 1 aromatic heterocycles. The Morgan fingerprint density at radius 1 is 1.35 bits per heavy atom. The van der Waals surface area contributed by atoms with Crippen molar-refractivity contribution in [2.75, 3.05) is 6.54 Å². The standard InChI is InChI=1S/C11H18N2O3S/c1-3-11(14,4-2)9-13-17(15,16)10-7-5-6-8-12-10/h5-8,13-14H,3-4,9H2,1-2H3. The molecule has 6 heteroatoms. The summed E-state index contributed by atoms with van der Waals surface area (Å²) in [6.07, 6.45) is 2.41. The number of hydrogen-bond donors (Lipinski definition) is 2. The molecule has 1 rings (SSSR count). The van der Waals surface area contributed by atoms with Crippen molar-refractivity contribution in [3.05, 3.63) is 24.4 Å². The highest BCUT2D eigenvalue weighted by molar-refractivity contribution is 7.89. The van der Waals surface area contributed by atoms with Crippen LogP contribution in [-0.2, 0) is 10.0 Å². The van der Waals surface area contributed by atoms with E-state index in [0.29, 0.717) is 12.8 Å². The van der Waals surface area contributed by atoms with Crippen molar-refractivity contribution in [1.82, 2.24) is 9.71 Å². The summed E-state index contributed by atoms with van der Waals surface area (Å²) in [5.74, 6) is 0. The van der Waals surface area contributed by atoms with E-state index in [2.05, 4.69) is 9.71 Å². The lowest BCUT2D eigenvalue weighted by atomic mass is 9.98. The van der Waals surface area contributed by atoms with E-state index in [0.717, 1.165) is 0 Å². The lowest BCUT2D eigenvalue weighted by Crippen LogP contribution is -2.42. The molecule has 0 aliphatic carbocycles. The van der Waals surface area contributed by atoms with Crippen LogP contribution < -0.4 is 4.72 Å². The largest absolute Gasteiger partial charge is 0.389 e. The molecular formula is C11H18N2O3S. The van der Waals surface area contributed by atoms with Gasteiger partial charge in [-0.3, -0.25) is 0 Å². The minimum absolute atomic E-state index is 0.00108. The zero-order chi connectivity index (χ0) is 12.9. The number of nitrogens with zero attached hydrogens (tertiary/aromatic N) is 1. The summed E-state index contributed by atoms with van der Waals surface area (Å²) in [7, 11) is -3.63. The molecule has 0 bridgehead atoms. The van der Waals surface area contributed by atoms with Crippen molar-refractivity contribution in [3.8, 4) is 0 Å². The van der Waals surface area contributed by atoms with E-state index < -0.39 is 15.6 Å². The average molecular weight is 258 g/mol. The van der Waals surface area contributed by atoms with Gasteiger partial charge in [0.1, 0.15) is 0 Å². The summed E-state index contributed by atoms with van der Waals surface area (Å²) in [4.78, 5) is 3.77. The molecule has 5 nitrogen and oxygen atoms in total. The van der Waals surface area contributed by atoms with Gasteiger partial charge >= 0.3 is 0 Å². The monoisotopic (exact) mass is 258 g/mol. The fourth-order valence-electron chi connectivity index (χ4n) is 1.31. The first-order chi connectivity index (χ1) is 7.93. The number of rotatable bonds is 6. The van der Waals surface area contributed by atoms with Gasteiger partial charge in [0.2, 0.25) is 0 Å². The Labute approximate surface area is 102 Å². The maximum Gasteiger partial charge on any atom is 0.258 e. The minimum atomic E-state index is -3.63. The lowest BCUT2D eigenvalue weighted by Gasteiger charge is -2.25. The zero-order valence-electron chi connectivity index (χ0n) is 10.0. The van der Waals surface area contributed by atoms with Gasteiger partial charge in [-0.1, -0.05) is 19.9 Å². The van der Waals surface area contributed by atoms with Crippen LogP contribution in [0.15, 0.2) is 29.4 Å². The van der Waals surface area contributed by atoms with Crippen molar-refractivity contribution in [2.45, 2.75) is 37.3 Å². The highest BCUT2D eigenvalue weighted by atomic mass is 32.2. The van der Waals surface area contributed by atoms with E-state index >= 15 is 0 Å². The summed E-state index contributed by atoms with van der Waals surface area (Å²) in [5.41, 5.74) is -0.998. The molecular weight excluding hydrogens is 240 g/mol. The van der Waals surface area contributed by atoms with E-state index in [1.807, 2.05) is 13.8 Å². The molecule has 2 N–H and O–H groups in total. The highest BCUT2D eigenvalue weighted by Gasteiger charge is 2.25. The lowest BCUT2D eigenvalue weighted by molar-refractivity contribution is 0.0377. The maximum atomic E-state index is 11.8. The van der Waals surface area contributed by atoms with Crippen LogP contribution >= 0.6 is 0 Å². The summed E-state index contributed by atoms with van der Waals surface area (Å²) < 4.78 is 26.0. The Balaban J connectivity index is 2.76. The van der Waals surface area contributed by atoms with E-state index in [4.69, 9.17) is 0 Å². The summed E-state index contributed by atoms with van der Waals surface area (Å²) >= 11 is 0. The van der Waals surface area contributed by atoms with Crippen LogP contribution in [0, 0.1) is 0 Å². The van der Waals surface area contributed by atoms with Gasteiger partial charge < -0.3 is 5.11 Å². The Morgan fingerprint density at radius 2 is 2.00 bits per heavy atom. The number of aliphatic hydroxyl groups is 1. The predicted octanol–water partition coefficient (Wildman–Crippen LogP) is 0.911. The van der Waals surface area contributed by atoms with Crippen molar-refractivity contribution >= 4 is 10.0 Å². The SMILES string of the molecule is CCC(O)(CC)CNS(=O)(=O)c1ccccn1. The topological polar surface area (TPSA) is 79.3 Å². The number of nitrogens with one attached hydrogen (secondary N) is 1. The van der Waals surface area contributed by atoms with Gasteiger partial charge in [-0.15, -0.1) is 0 Å². The minimum Gasteiger partial charge on any atom is -0.389 e. The average Bonchev–Trinajstić information content (AvgIpc) is 2.37. The highest BCUT2D eigenvalue weighted by Crippen LogP contribution is 2.14. The fraction of sp³-hybridized carbons (Fsp3) is 0.545. The summed E-state index contributed by atoms with van der Waals surface area (Å²) in [5, 5.41) is 9.96. The van der Waals surface area contributed by atoms with E-state index in [9.17, 15) is 13.5 Å². The number of hydrogen-bond acceptors (Lipinski definition) is 4. The Bertz CT molecular complexity index is 441. The van der Waals surface area contributed by atoms with E-state index in [1.165, 1.54) is 12.3 Å². The second kappa shape index (κ2) is 5.57. The Kier molecular flexibility index (Phi) is 4.62. The van der Waals surface area contributed by atoms with Crippen LogP contribution in [0.3, 0.4) is 0 Å². The molecule has 0 aliphatic heterocycles. The van der Waals surface area contributed by atoms with Crippen LogP contribution in [0.5, 0.6) is 0 Å². The smallest absolute Gasteiger partial charge is 0.258 e.